The molecule has 1 aliphatic rings. The average molecular weight is 332 g/mol. The van der Waals surface area contributed by atoms with Crippen molar-refractivity contribution in [3.63, 3.8) is 0 Å². The van der Waals surface area contributed by atoms with Crippen LogP contribution in [0.15, 0.2) is 30.3 Å². The zero-order valence-corrected chi connectivity index (χ0v) is 15.0. The van der Waals surface area contributed by atoms with Crippen molar-refractivity contribution in [2.75, 3.05) is 19.7 Å². The van der Waals surface area contributed by atoms with E-state index >= 15 is 0 Å². The van der Waals surface area contributed by atoms with Gasteiger partial charge in [0.25, 0.3) is 0 Å². The molecule has 0 aromatic heterocycles. The fourth-order valence-corrected chi connectivity index (χ4v) is 3.17. The number of rotatable bonds is 9. The highest BCUT2D eigenvalue weighted by atomic mass is 16.5. The van der Waals surface area contributed by atoms with E-state index in [1.165, 1.54) is 24.8 Å². The Morgan fingerprint density at radius 2 is 1.79 bits per heavy atom. The Labute approximate surface area is 146 Å². The third-order valence-corrected chi connectivity index (χ3v) is 4.88. The van der Waals surface area contributed by atoms with E-state index in [-0.39, 0.29) is 5.97 Å². The lowest BCUT2D eigenvalue weighted by atomic mass is 9.88. The van der Waals surface area contributed by atoms with Crippen LogP contribution in [-0.2, 0) is 16.1 Å². The quantitative estimate of drug-likeness (QED) is 0.555. The lowest BCUT2D eigenvalue weighted by Crippen LogP contribution is -2.56. The predicted octanol–water partition coefficient (Wildman–Crippen LogP) is 3.49. The number of likely N-dealkylation sites (tertiary alicyclic amines) is 1. The number of hydrogen-bond donors (Lipinski definition) is 1. The molecule has 134 valence electrons. The second-order valence-corrected chi connectivity index (χ2v) is 6.97. The molecule has 0 radical (unpaired) electrons. The largest absolute Gasteiger partial charge is 0.464 e. The minimum atomic E-state index is -0.795. The molecule has 0 amide bonds. The van der Waals surface area contributed by atoms with Gasteiger partial charge in [-0.05, 0) is 24.8 Å². The van der Waals surface area contributed by atoms with Crippen LogP contribution < -0.4 is 5.73 Å². The molecule has 1 fully saturated rings. The van der Waals surface area contributed by atoms with E-state index in [2.05, 4.69) is 36.1 Å². The van der Waals surface area contributed by atoms with Gasteiger partial charge in [-0.25, -0.2) is 0 Å². The van der Waals surface area contributed by atoms with Crippen molar-refractivity contribution in [1.82, 2.24) is 4.90 Å². The van der Waals surface area contributed by atoms with Gasteiger partial charge in [-0.15, -0.1) is 0 Å². The summed E-state index contributed by atoms with van der Waals surface area (Å²) in [6.45, 7) is 5.31. The van der Waals surface area contributed by atoms with Crippen LogP contribution in [0.4, 0.5) is 0 Å². The number of benzene rings is 1. The molecule has 4 heteroatoms. The van der Waals surface area contributed by atoms with Gasteiger partial charge in [0.1, 0.15) is 5.54 Å². The van der Waals surface area contributed by atoms with Crippen LogP contribution >= 0.6 is 0 Å². The first-order chi connectivity index (χ1) is 11.6. The smallest absolute Gasteiger partial charge is 0.326 e. The minimum Gasteiger partial charge on any atom is -0.464 e. The molecule has 0 saturated carbocycles. The molecule has 4 nitrogen and oxygen atoms in total. The number of piperidine rings is 1. The van der Waals surface area contributed by atoms with Crippen molar-refractivity contribution in [2.24, 2.45) is 5.73 Å². The second-order valence-electron chi connectivity index (χ2n) is 6.97. The topological polar surface area (TPSA) is 55.6 Å². The number of nitrogens with zero attached hydrogens (tertiary/aromatic N) is 1. The summed E-state index contributed by atoms with van der Waals surface area (Å²) in [5, 5.41) is 0. The molecule has 24 heavy (non-hydrogen) atoms. The Bertz CT molecular complexity index is 482. The molecule has 2 N–H and O–H groups in total. The zero-order valence-electron chi connectivity index (χ0n) is 15.0. The summed E-state index contributed by atoms with van der Waals surface area (Å²) in [4.78, 5) is 14.7. The first-order valence-corrected chi connectivity index (χ1v) is 9.36. The fraction of sp³-hybridized carbons (Fsp3) is 0.650. The van der Waals surface area contributed by atoms with E-state index < -0.39 is 5.54 Å². The lowest BCUT2D eigenvalue weighted by molar-refractivity contribution is -0.152. The third kappa shape index (κ3) is 5.91. The maximum Gasteiger partial charge on any atom is 0.326 e. The molecule has 1 aromatic rings. The summed E-state index contributed by atoms with van der Waals surface area (Å²) in [7, 11) is 0. The third-order valence-electron chi connectivity index (χ3n) is 4.88. The highest BCUT2D eigenvalue weighted by molar-refractivity contribution is 5.80. The molecule has 1 aliphatic heterocycles. The van der Waals surface area contributed by atoms with Crippen molar-refractivity contribution in [1.29, 1.82) is 0 Å². The maximum atomic E-state index is 12.3. The number of hydrogen-bond acceptors (Lipinski definition) is 4. The summed E-state index contributed by atoms with van der Waals surface area (Å²) < 4.78 is 5.44. The Morgan fingerprint density at radius 1 is 1.12 bits per heavy atom. The number of nitrogens with two attached hydrogens (primary N) is 1. The van der Waals surface area contributed by atoms with Crippen LogP contribution in [0.2, 0.25) is 0 Å². The van der Waals surface area contributed by atoms with Gasteiger partial charge in [0.15, 0.2) is 0 Å². The molecular weight excluding hydrogens is 300 g/mol. The van der Waals surface area contributed by atoms with Crippen molar-refractivity contribution >= 4 is 5.97 Å². The first kappa shape index (κ1) is 18.9. The van der Waals surface area contributed by atoms with Gasteiger partial charge in [-0.1, -0.05) is 62.9 Å². The molecule has 1 aromatic carbocycles. The minimum absolute atomic E-state index is 0.211. The summed E-state index contributed by atoms with van der Waals surface area (Å²) in [5.74, 6) is -0.211. The molecule has 0 atom stereocenters. The number of unbranched alkanes of at least 4 members (excludes halogenated alkanes) is 4. The van der Waals surface area contributed by atoms with Crippen molar-refractivity contribution in [3.8, 4) is 0 Å². The number of esters is 1. The standard InChI is InChI=1S/C20H32N2O2/c1-2-3-4-5-9-16-24-19(23)20(21)12-14-22(15-13-20)17-18-10-7-6-8-11-18/h6-8,10-11H,2-5,9,12-17,21H2,1H3. The summed E-state index contributed by atoms with van der Waals surface area (Å²) in [6.07, 6.45) is 7.13. The fourth-order valence-electron chi connectivity index (χ4n) is 3.17. The molecule has 0 unspecified atom stereocenters. The predicted molar refractivity (Wildman–Crippen MR) is 97.6 cm³/mol. The number of carbonyl (C=O) groups is 1. The highest BCUT2D eigenvalue weighted by Crippen LogP contribution is 2.22. The summed E-state index contributed by atoms with van der Waals surface area (Å²) in [5.41, 5.74) is 6.83. The molecule has 2 rings (SSSR count). The van der Waals surface area contributed by atoms with Crippen LogP contribution in [0, 0.1) is 0 Å². The van der Waals surface area contributed by atoms with Crippen LogP contribution in [0.3, 0.4) is 0 Å². The van der Waals surface area contributed by atoms with Gasteiger partial charge in [0.2, 0.25) is 0 Å². The van der Waals surface area contributed by atoms with Crippen LogP contribution in [0.1, 0.15) is 57.4 Å². The summed E-state index contributed by atoms with van der Waals surface area (Å²) >= 11 is 0. The molecule has 0 bridgehead atoms. The van der Waals surface area contributed by atoms with E-state index in [1.54, 1.807) is 0 Å². The van der Waals surface area contributed by atoms with E-state index in [4.69, 9.17) is 10.5 Å². The molecule has 1 heterocycles. The van der Waals surface area contributed by atoms with Gasteiger partial charge in [0.05, 0.1) is 6.61 Å². The van der Waals surface area contributed by atoms with Crippen molar-refractivity contribution < 1.29 is 9.53 Å². The van der Waals surface area contributed by atoms with Crippen LogP contribution in [-0.4, -0.2) is 36.1 Å². The molecule has 0 aliphatic carbocycles. The van der Waals surface area contributed by atoms with Gasteiger partial charge in [0, 0.05) is 19.6 Å². The van der Waals surface area contributed by atoms with Gasteiger partial charge >= 0.3 is 5.97 Å². The Morgan fingerprint density at radius 3 is 2.46 bits per heavy atom. The van der Waals surface area contributed by atoms with E-state index in [0.29, 0.717) is 19.4 Å². The van der Waals surface area contributed by atoms with Crippen molar-refractivity contribution in [2.45, 2.75) is 64.0 Å². The van der Waals surface area contributed by atoms with Crippen LogP contribution in [0.25, 0.3) is 0 Å². The van der Waals surface area contributed by atoms with Crippen molar-refractivity contribution in [3.05, 3.63) is 35.9 Å². The monoisotopic (exact) mass is 332 g/mol. The zero-order chi connectivity index (χ0) is 17.3. The first-order valence-electron chi connectivity index (χ1n) is 9.36. The molecule has 1 saturated heterocycles. The van der Waals surface area contributed by atoms with E-state index in [9.17, 15) is 4.79 Å². The lowest BCUT2D eigenvalue weighted by Gasteiger charge is -2.37. The highest BCUT2D eigenvalue weighted by Gasteiger charge is 2.38. The van der Waals surface area contributed by atoms with Crippen LogP contribution in [0.5, 0.6) is 0 Å². The Kier molecular flexibility index (Phi) is 7.73. The SMILES string of the molecule is CCCCCCCOC(=O)C1(N)CCN(Cc2ccccc2)CC1. The number of ether oxygens (including phenoxy) is 1. The summed E-state index contributed by atoms with van der Waals surface area (Å²) in [6, 6.07) is 10.4. The van der Waals surface area contributed by atoms with Gasteiger partial charge < -0.3 is 10.5 Å². The normalized spacial score (nSPS) is 17.6. The Hall–Kier alpha value is -1.39. The number of carbonyl (C=O) groups excluding carboxylic acids is 1. The van der Waals surface area contributed by atoms with E-state index in [0.717, 1.165) is 32.5 Å². The average Bonchev–Trinajstić information content (AvgIpc) is 2.61. The Balaban J connectivity index is 1.68. The maximum absolute atomic E-state index is 12.3. The van der Waals surface area contributed by atoms with E-state index in [1.807, 2.05) is 6.07 Å². The van der Waals surface area contributed by atoms with Gasteiger partial charge in [-0.3, -0.25) is 9.69 Å². The van der Waals surface area contributed by atoms with Gasteiger partial charge in [-0.2, -0.15) is 0 Å². The molecular formula is C20H32N2O2. The molecule has 0 spiro atoms. The second kappa shape index (κ2) is 9.80.